The van der Waals surface area contributed by atoms with Crippen molar-refractivity contribution in [3.05, 3.63) is 47.0 Å². The lowest BCUT2D eigenvalue weighted by Crippen LogP contribution is -2.26. The van der Waals surface area contributed by atoms with E-state index < -0.39 is 0 Å². The minimum absolute atomic E-state index is 0. The molecule has 0 aliphatic carbocycles. The van der Waals surface area contributed by atoms with Crippen molar-refractivity contribution in [3.63, 3.8) is 0 Å². The first-order valence-corrected chi connectivity index (χ1v) is 9.32. The van der Waals surface area contributed by atoms with Gasteiger partial charge >= 0.3 is 0 Å². The molecule has 3 aromatic rings. The van der Waals surface area contributed by atoms with Crippen LogP contribution in [0.4, 0.5) is 0 Å². The van der Waals surface area contributed by atoms with Crippen molar-refractivity contribution in [2.75, 3.05) is 6.61 Å². The zero-order valence-electron chi connectivity index (χ0n) is 15.6. The number of hydrogen-bond acceptors (Lipinski definition) is 4. The van der Waals surface area contributed by atoms with Gasteiger partial charge in [-0.25, -0.2) is 4.98 Å². The molecule has 3 atom stereocenters. The summed E-state index contributed by atoms with van der Waals surface area (Å²) < 4.78 is 7.77. The smallest absolute Gasteiger partial charge is 0.259 e. The fraction of sp³-hybridized carbons (Fsp3) is 0.400. The van der Waals surface area contributed by atoms with E-state index >= 15 is 0 Å². The van der Waals surface area contributed by atoms with Crippen molar-refractivity contribution in [2.45, 2.75) is 44.3 Å². The van der Waals surface area contributed by atoms with Gasteiger partial charge in [0, 0.05) is 35.4 Å². The number of imidazole rings is 1. The maximum Gasteiger partial charge on any atom is 0.259 e. The van der Waals surface area contributed by atoms with Gasteiger partial charge in [-0.2, -0.15) is 0 Å². The molecule has 0 amide bonds. The lowest BCUT2D eigenvalue weighted by Gasteiger charge is -2.23. The van der Waals surface area contributed by atoms with E-state index in [1.165, 1.54) is 12.8 Å². The van der Waals surface area contributed by atoms with Crippen molar-refractivity contribution in [1.29, 1.82) is 0 Å². The fourth-order valence-electron chi connectivity index (χ4n) is 4.50. The van der Waals surface area contributed by atoms with Crippen molar-refractivity contribution in [1.82, 2.24) is 19.9 Å². The predicted octanol–water partition coefficient (Wildman–Crippen LogP) is 3.70. The maximum absolute atomic E-state index is 12.7. The molecule has 150 valence electrons. The molecule has 2 fully saturated rings. The van der Waals surface area contributed by atoms with Gasteiger partial charge in [-0.1, -0.05) is 0 Å². The van der Waals surface area contributed by atoms with Gasteiger partial charge in [-0.3, -0.25) is 4.79 Å². The highest BCUT2D eigenvalue weighted by Gasteiger charge is 2.40. The standard InChI is InChI=1S/C20H22N4O2.2ClH/c1-2-26-14-4-6-16-12(9-14)10-15(20(25)23-16)19-21-7-8-24(19)18-11-13-3-5-17(18)22-13;;/h4,6-10,13,17-18,22H,2-3,5,11H2,1H3,(H,23,25);2*1H/t13-,17+,18+;;/m1../s1. The van der Waals surface area contributed by atoms with Crippen LogP contribution in [0.5, 0.6) is 5.75 Å². The molecule has 2 aliphatic heterocycles. The van der Waals surface area contributed by atoms with Crippen LogP contribution in [-0.2, 0) is 0 Å². The Morgan fingerprint density at radius 2 is 2.11 bits per heavy atom. The van der Waals surface area contributed by atoms with Gasteiger partial charge in [0.05, 0.1) is 18.2 Å². The van der Waals surface area contributed by atoms with Gasteiger partial charge in [0.15, 0.2) is 0 Å². The second-order valence-electron chi connectivity index (χ2n) is 7.20. The number of nitrogens with zero attached hydrogens (tertiary/aromatic N) is 2. The minimum atomic E-state index is -0.106. The topological polar surface area (TPSA) is 71.9 Å². The van der Waals surface area contributed by atoms with Crippen molar-refractivity contribution in [2.24, 2.45) is 0 Å². The zero-order valence-corrected chi connectivity index (χ0v) is 17.2. The van der Waals surface area contributed by atoms with E-state index in [2.05, 4.69) is 19.9 Å². The quantitative estimate of drug-likeness (QED) is 0.672. The molecule has 28 heavy (non-hydrogen) atoms. The van der Waals surface area contributed by atoms with E-state index in [0.717, 1.165) is 28.9 Å². The molecular weight excluding hydrogens is 399 g/mol. The fourth-order valence-corrected chi connectivity index (χ4v) is 4.50. The summed E-state index contributed by atoms with van der Waals surface area (Å²) in [7, 11) is 0. The molecule has 0 unspecified atom stereocenters. The third kappa shape index (κ3) is 3.41. The Morgan fingerprint density at radius 1 is 1.25 bits per heavy atom. The molecule has 2 aromatic heterocycles. The molecule has 2 saturated heterocycles. The first kappa shape index (κ1) is 20.7. The largest absolute Gasteiger partial charge is 0.494 e. The number of ether oxygens (including phenoxy) is 1. The van der Waals surface area contributed by atoms with Gasteiger partial charge in [0.25, 0.3) is 5.56 Å². The maximum atomic E-state index is 12.7. The van der Waals surface area contributed by atoms with Crippen molar-refractivity contribution >= 4 is 35.7 Å². The van der Waals surface area contributed by atoms with Crippen LogP contribution >= 0.6 is 24.8 Å². The summed E-state index contributed by atoms with van der Waals surface area (Å²) in [6.45, 7) is 2.58. The van der Waals surface area contributed by atoms with Crippen LogP contribution in [-0.4, -0.2) is 33.2 Å². The van der Waals surface area contributed by atoms with Crippen molar-refractivity contribution < 1.29 is 4.74 Å². The minimum Gasteiger partial charge on any atom is -0.494 e. The number of hydrogen-bond donors (Lipinski definition) is 2. The van der Waals surface area contributed by atoms with Crippen LogP contribution in [0.25, 0.3) is 22.3 Å². The Balaban J connectivity index is 0.00000112. The lowest BCUT2D eigenvalue weighted by molar-refractivity contribution is 0.340. The van der Waals surface area contributed by atoms with Crippen LogP contribution in [0.1, 0.15) is 32.2 Å². The summed E-state index contributed by atoms with van der Waals surface area (Å²) in [6.07, 6.45) is 7.35. The summed E-state index contributed by atoms with van der Waals surface area (Å²) in [4.78, 5) is 20.2. The normalized spacial score (nSPS) is 22.7. The Labute approximate surface area is 175 Å². The number of pyridine rings is 1. The predicted molar refractivity (Wildman–Crippen MR) is 115 cm³/mol. The summed E-state index contributed by atoms with van der Waals surface area (Å²) in [5.74, 6) is 1.55. The molecule has 2 aliphatic rings. The molecule has 0 spiro atoms. The molecule has 5 rings (SSSR count). The van der Waals surface area contributed by atoms with E-state index in [1.807, 2.05) is 37.4 Å². The Kier molecular flexibility index (Phi) is 6.03. The van der Waals surface area contributed by atoms with E-state index in [4.69, 9.17) is 4.74 Å². The summed E-state index contributed by atoms with van der Waals surface area (Å²) >= 11 is 0. The SMILES string of the molecule is CCOc1ccc2[nH]c(=O)c(-c3nccn3[C@H]3C[C@H]4CC[C@@H]3N4)cc2c1.Cl.Cl. The lowest BCUT2D eigenvalue weighted by atomic mass is 9.95. The molecule has 8 heteroatoms. The van der Waals surface area contributed by atoms with E-state index in [0.29, 0.717) is 30.3 Å². The number of fused-ring (bicyclic) bond motifs is 3. The highest BCUT2D eigenvalue weighted by Crippen LogP contribution is 2.38. The second-order valence-corrected chi connectivity index (χ2v) is 7.20. The second kappa shape index (κ2) is 8.15. The van der Waals surface area contributed by atoms with Gasteiger partial charge in [0.1, 0.15) is 11.6 Å². The van der Waals surface area contributed by atoms with Crippen molar-refractivity contribution in [3.8, 4) is 17.1 Å². The monoisotopic (exact) mass is 422 g/mol. The number of aromatic amines is 1. The highest BCUT2D eigenvalue weighted by atomic mass is 35.5. The first-order chi connectivity index (χ1) is 12.7. The molecule has 6 nitrogen and oxygen atoms in total. The van der Waals surface area contributed by atoms with Gasteiger partial charge in [-0.05, 0) is 50.5 Å². The number of nitrogens with one attached hydrogen (secondary N) is 2. The Hall–Kier alpha value is -2.02. The number of halogens is 2. The number of aromatic nitrogens is 3. The third-order valence-electron chi connectivity index (χ3n) is 5.66. The summed E-state index contributed by atoms with van der Waals surface area (Å²) in [5.41, 5.74) is 1.31. The number of benzene rings is 1. The van der Waals surface area contributed by atoms with Gasteiger partial charge < -0.3 is 19.6 Å². The number of H-pyrrole nitrogens is 1. The van der Waals surface area contributed by atoms with Crippen LogP contribution in [0, 0.1) is 0 Å². The number of rotatable bonds is 4. The molecule has 4 heterocycles. The average Bonchev–Trinajstić information content (AvgIpc) is 3.38. The van der Waals surface area contributed by atoms with Gasteiger partial charge in [0.2, 0.25) is 0 Å². The highest BCUT2D eigenvalue weighted by molar-refractivity contribution is 5.86. The van der Waals surface area contributed by atoms with E-state index in [9.17, 15) is 4.79 Å². The zero-order chi connectivity index (χ0) is 17.7. The van der Waals surface area contributed by atoms with E-state index in [-0.39, 0.29) is 30.4 Å². The molecule has 2 bridgehead atoms. The van der Waals surface area contributed by atoms with Crippen LogP contribution in [0.2, 0.25) is 0 Å². The molecular formula is C20H24Cl2N4O2. The summed E-state index contributed by atoms with van der Waals surface area (Å²) in [6, 6.07) is 9.11. The Bertz CT molecular complexity index is 1030. The Morgan fingerprint density at radius 3 is 2.82 bits per heavy atom. The van der Waals surface area contributed by atoms with E-state index in [1.54, 1.807) is 6.20 Å². The van der Waals surface area contributed by atoms with Crippen LogP contribution in [0.3, 0.4) is 0 Å². The first-order valence-electron chi connectivity index (χ1n) is 9.32. The molecule has 0 radical (unpaired) electrons. The third-order valence-corrected chi connectivity index (χ3v) is 5.66. The van der Waals surface area contributed by atoms with Crippen LogP contribution in [0.15, 0.2) is 41.5 Å². The molecule has 1 aromatic carbocycles. The van der Waals surface area contributed by atoms with Crippen LogP contribution < -0.4 is 15.6 Å². The average molecular weight is 423 g/mol. The summed E-state index contributed by atoms with van der Waals surface area (Å²) in [5, 5.41) is 4.61. The van der Waals surface area contributed by atoms with Gasteiger partial charge in [-0.15, -0.1) is 24.8 Å². The molecule has 2 N–H and O–H groups in total. The molecule has 0 saturated carbocycles.